The number of alkyl halides is 1. The van der Waals surface area contributed by atoms with E-state index in [4.69, 9.17) is 15.8 Å². The second-order valence-electron chi connectivity index (χ2n) is 3.65. The molecule has 1 aromatic rings. The van der Waals surface area contributed by atoms with Gasteiger partial charge in [-0.15, -0.1) is 0 Å². The minimum Gasteiger partial charge on any atom is -0.370 e. The van der Waals surface area contributed by atoms with Gasteiger partial charge < -0.3 is 10.6 Å². The highest BCUT2D eigenvalue weighted by Crippen LogP contribution is 2.04. The molecule has 0 heterocycles. The average Bonchev–Trinajstić information content (AvgIpc) is 2.46. The van der Waals surface area contributed by atoms with Gasteiger partial charge in [-0.1, -0.05) is 12.1 Å². The molecule has 0 aliphatic heterocycles. The van der Waals surface area contributed by atoms with E-state index >= 15 is 0 Å². The van der Waals surface area contributed by atoms with Crippen LogP contribution in [0.25, 0.3) is 0 Å². The Labute approximate surface area is 111 Å². The maximum atomic E-state index is 11.8. The van der Waals surface area contributed by atoms with Crippen LogP contribution in [0.1, 0.15) is 11.1 Å². The molecule has 100 valence electrons. The fourth-order valence-corrected chi connectivity index (χ4v) is 1.28. The van der Waals surface area contributed by atoms with Crippen molar-refractivity contribution in [2.45, 2.75) is 6.61 Å². The van der Waals surface area contributed by atoms with Crippen molar-refractivity contribution < 1.29 is 9.13 Å². The summed E-state index contributed by atoms with van der Waals surface area (Å²) in [5.74, 6) is 5.16. The summed E-state index contributed by atoms with van der Waals surface area (Å²) >= 11 is 0. The summed E-state index contributed by atoms with van der Waals surface area (Å²) in [7, 11) is 0. The molecule has 6 heteroatoms. The molecule has 1 aromatic carbocycles. The lowest BCUT2D eigenvalue weighted by Gasteiger charge is -2.03. The van der Waals surface area contributed by atoms with E-state index < -0.39 is 6.67 Å². The summed E-state index contributed by atoms with van der Waals surface area (Å²) in [4.78, 5) is 3.78. The molecule has 5 nitrogen and oxygen atoms in total. The molecule has 0 aliphatic rings. The number of nitrogens with two attached hydrogens (primary N) is 1. The van der Waals surface area contributed by atoms with Crippen molar-refractivity contribution in [2.24, 2.45) is 15.9 Å². The molecule has 0 spiro atoms. The fraction of sp³-hybridized carbons (Fsp3) is 0.308. The van der Waals surface area contributed by atoms with Crippen LogP contribution in [0.3, 0.4) is 0 Å². The number of nitriles is 1. The average molecular weight is 262 g/mol. The number of aliphatic imine (C=N–C) groups is 1. The lowest BCUT2D eigenvalue weighted by Crippen LogP contribution is -2.13. The van der Waals surface area contributed by atoms with Gasteiger partial charge in [0.25, 0.3) is 0 Å². The van der Waals surface area contributed by atoms with Crippen LogP contribution in [-0.2, 0) is 11.3 Å². The summed E-state index contributed by atoms with van der Waals surface area (Å²) in [5, 5.41) is 12.2. The molecule has 0 unspecified atom stereocenters. The van der Waals surface area contributed by atoms with E-state index in [1.807, 2.05) is 18.2 Å². The summed E-state index contributed by atoms with van der Waals surface area (Å²) in [6, 6.07) is 9.11. The van der Waals surface area contributed by atoms with E-state index in [1.165, 1.54) is 6.21 Å². The van der Waals surface area contributed by atoms with Crippen LogP contribution < -0.4 is 5.84 Å². The Bertz CT molecular complexity index is 476. The molecule has 0 amide bonds. The number of hydrogen-bond donors (Lipinski definition) is 1. The summed E-state index contributed by atoms with van der Waals surface area (Å²) < 4.78 is 17.2. The van der Waals surface area contributed by atoms with E-state index in [2.05, 4.69) is 10.1 Å². The van der Waals surface area contributed by atoms with Gasteiger partial charge in [0.15, 0.2) is 0 Å². The molecule has 2 N–H and O–H groups in total. The molecule has 0 saturated carbocycles. The van der Waals surface area contributed by atoms with E-state index in [0.29, 0.717) is 17.9 Å². The van der Waals surface area contributed by atoms with E-state index in [9.17, 15) is 4.39 Å². The van der Waals surface area contributed by atoms with Gasteiger partial charge in [0.05, 0.1) is 31.4 Å². The van der Waals surface area contributed by atoms with Gasteiger partial charge in [0.2, 0.25) is 0 Å². The Hall–Kier alpha value is -2.26. The largest absolute Gasteiger partial charge is 0.370 e. The first-order chi connectivity index (χ1) is 9.30. The predicted octanol–water partition coefficient (Wildman–Crippen LogP) is 1.43. The summed E-state index contributed by atoms with van der Waals surface area (Å²) in [6.07, 6.45) is 1.40. The lowest BCUT2D eigenvalue weighted by molar-refractivity contribution is 0.159. The topological polar surface area (TPSA) is 83.8 Å². The lowest BCUT2D eigenvalue weighted by atomic mass is 10.2. The molecular formula is C13H15FN4O. The second-order valence-corrected chi connectivity index (χ2v) is 3.65. The van der Waals surface area contributed by atoms with Gasteiger partial charge in [0, 0.05) is 6.21 Å². The minimum atomic E-state index is -0.513. The van der Waals surface area contributed by atoms with Crippen molar-refractivity contribution in [1.82, 2.24) is 0 Å². The Morgan fingerprint density at radius 1 is 1.42 bits per heavy atom. The highest BCUT2D eigenvalue weighted by Gasteiger charge is 1.98. The molecule has 0 fully saturated rings. The predicted molar refractivity (Wildman–Crippen MR) is 71.8 cm³/mol. The van der Waals surface area contributed by atoms with Crippen LogP contribution in [0.15, 0.2) is 34.4 Å². The maximum absolute atomic E-state index is 11.8. The number of hydrazone groups is 1. The number of halogens is 1. The van der Waals surface area contributed by atoms with Gasteiger partial charge in [-0.25, -0.2) is 4.39 Å². The summed E-state index contributed by atoms with van der Waals surface area (Å²) in [5.41, 5.74) is 1.99. The smallest absolute Gasteiger partial charge is 0.109 e. The first kappa shape index (κ1) is 14.8. The number of hydrogen-bond acceptors (Lipinski definition) is 5. The van der Waals surface area contributed by atoms with E-state index in [1.54, 1.807) is 12.1 Å². The van der Waals surface area contributed by atoms with Gasteiger partial charge in [-0.2, -0.15) is 10.4 Å². The molecule has 0 aliphatic carbocycles. The standard InChI is InChI=1S/C13H15FN4O/c14-5-6-17-8-13(18-16)10-19-9-12-3-1-11(7-15)2-4-12/h1-4,8H,5-6,9-10,16H2. The van der Waals surface area contributed by atoms with Crippen molar-refractivity contribution >= 4 is 11.9 Å². The van der Waals surface area contributed by atoms with Gasteiger partial charge in [0.1, 0.15) is 12.4 Å². The zero-order chi connectivity index (χ0) is 13.9. The number of rotatable bonds is 7. The Morgan fingerprint density at radius 3 is 2.74 bits per heavy atom. The Morgan fingerprint density at radius 2 is 2.16 bits per heavy atom. The van der Waals surface area contributed by atoms with Gasteiger partial charge in [-0.05, 0) is 17.7 Å². The van der Waals surface area contributed by atoms with Crippen LogP contribution >= 0.6 is 0 Å². The fourth-order valence-electron chi connectivity index (χ4n) is 1.28. The number of ether oxygens (including phenoxy) is 1. The second kappa shape index (κ2) is 8.78. The number of nitrogens with zero attached hydrogens (tertiary/aromatic N) is 3. The number of benzene rings is 1. The Kier molecular flexibility index (Phi) is 6.84. The highest BCUT2D eigenvalue weighted by atomic mass is 19.1. The minimum absolute atomic E-state index is 0.0919. The van der Waals surface area contributed by atoms with Crippen LogP contribution in [-0.4, -0.2) is 31.8 Å². The van der Waals surface area contributed by atoms with Crippen molar-refractivity contribution in [2.75, 3.05) is 19.8 Å². The van der Waals surface area contributed by atoms with Crippen molar-refractivity contribution in [3.05, 3.63) is 35.4 Å². The molecular weight excluding hydrogens is 247 g/mol. The van der Waals surface area contributed by atoms with Crippen LogP contribution in [0.5, 0.6) is 0 Å². The molecule has 0 saturated heterocycles. The third-order valence-corrected chi connectivity index (χ3v) is 2.22. The molecule has 1 rings (SSSR count). The molecule has 19 heavy (non-hydrogen) atoms. The molecule has 0 atom stereocenters. The van der Waals surface area contributed by atoms with E-state index in [0.717, 1.165) is 5.56 Å². The van der Waals surface area contributed by atoms with Crippen molar-refractivity contribution in [1.29, 1.82) is 5.26 Å². The molecule has 0 radical (unpaired) electrons. The van der Waals surface area contributed by atoms with Gasteiger partial charge in [-0.3, -0.25) is 4.99 Å². The van der Waals surface area contributed by atoms with Crippen LogP contribution in [0, 0.1) is 11.3 Å². The zero-order valence-electron chi connectivity index (χ0n) is 10.4. The molecule has 0 bridgehead atoms. The van der Waals surface area contributed by atoms with E-state index in [-0.39, 0.29) is 13.2 Å². The normalized spacial score (nSPS) is 11.7. The highest BCUT2D eigenvalue weighted by molar-refractivity contribution is 6.31. The third kappa shape index (κ3) is 5.75. The first-order valence-electron chi connectivity index (χ1n) is 5.69. The monoisotopic (exact) mass is 262 g/mol. The molecule has 0 aromatic heterocycles. The van der Waals surface area contributed by atoms with Crippen LogP contribution in [0.2, 0.25) is 0 Å². The summed E-state index contributed by atoms with van der Waals surface area (Å²) in [6.45, 7) is 0.156. The quantitative estimate of drug-likeness (QED) is 0.458. The SMILES string of the molecule is N#Cc1ccc(COCC(C=NCCF)=NN)cc1. The van der Waals surface area contributed by atoms with Crippen molar-refractivity contribution in [3.63, 3.8) is 0 Å². The Balaban J connectivity index is 2.38. The van der Waals surface area contributed by atoms with Gasteiger partial charge >= 0.3 is 0 Å². The maximum Gasteiger partial charge on any atom is 0.109 e. The first-order valence-corrected chi connectivity index (χ1v) is 5.69. The third-order valence-electron chi connectivity index (χ3n) is 2.22. The van der Waals surface area contributed by atoms with Crippen LogP contribution in [0.4, 0.5) is 4.39 Å². The van der Waals surface area contributed by atoms with Crippen molar-refractivity contribution in [3.8, 4) is 6.07 Å². The zero-order valence-corrected chi connectivity index (χ0v) is 10.4.